The van der Waals surface area contributed by atoms with Crippen LogP contribution in [0.25, 0.3) is 11.1 Å². The monoisotopic (exact) mass is 341 g/mol. The first-order valence-electron chi connectivity index (χ1n) is 7.48. The van der Waals surface area contributed by atoms with E-state index in [2.05, 4.69) is 5.32 Å². The van der Waals surface area contributed by atoms with E-state index in [-0.39, 0.29) is 24.5 Å². The molecule has 0 aliphatic rings. The number of anilines is 1. The lowest BCUT2D eigenvalue weighted by Crippen LogP contribution is -2.40. The van der Waals surface area contributed by atoms with E-state index < -0.39 is 17.0 Å². The van der Waals surface area contributed by atoms with Gasteiger partial charge in [0, 0.05) is 27.2 Å². The van der Waals surface area contributed by atoms with Gasteiger partial charge in [-0.15, -0.1) is 0 Å². The average Bonchev–Trinajstić information content (AvgIpc) is 2.93. The normalized spacial score (nSPS) is 10.8. The Morgan fingerprint density at radius 3 is 2.60 bits per heavy atom. The molecule has 0 aliphatic heterocycles. The van der Waals surface area contributed by atoms with Crippen molar-refractivity contribution in [3.63, 3.8) is 0 Å². The number of rotatable bonds is 4. The molecule has 0 fully saturated rings. The molecule has 0 saturated heterocycles. The van der Waals surface area contributed by atoms with Crippen molar-refractivity contribution in [1.29, 1.82) is 5.26 Å². The van der Waals surface area contributed by atoms with Crippen LogP contribution in [-0.2, 0) is 20.6 Å². The summed E-state index contributed by atoms with van der Waals surface area (Å²) in [6.45, 7) is 0.461. The van der Waals surface area contributed by atoms with Crippen LogP contribution in [0.5, 0.6) is 0 Å². The SMILES string of the molecule is Cn1c(NCCn2c(=O)oc3ccccc32)c(C#N)c(=O)n(C)c1=O. The molecule has 2 aromatic heterocycles. The smallest absolute Gasteiger partial charge is 0.408 e. The molecule has 0 amide bonds. The zero-order valence-corrected chi connectivity index (χ0v) is 13.6. The molecule has 0 bridgehead atoms. The number of para-hydroxylation sites is 2. The largest absolute Gasteiger partial charge is 0.420 e. The van der Waals surface area contributed by atoms with Crippen molar-refractivity contribution in [3.8, 4) is 6.07 Å². The number of benzene rings is 1. The highest BCUT2D eigenvalue weighted by atomic mass is 16.4. The quantitative estimate of drug-likeness (QED) is 0.713. The van der Waals surface area contributed by atoms with Crippen LogP contribution in [-0.4, -0.2) is 20.2 Å². The van der Waals surface area contributed by atoms with Gasteiger partial charge in [0.2, 0.25) is 0 Å². The standard InChI is InChI=1S/C16H15N5O4/c1-19-13(10(9-17)14(22)20(2)15(19)23)18-7-8-21-11-5-3-4-6-12(11)25-16(21)24/h3-6,18H,7-8H2,1-2H3. The first-order valence-corrected chi connectivity index (χ1v) is 7.48. The second kappa shape index (κ2) is 6.16. The van der Waals surface area contributed by atoms with Crippen LogP contribution >= 0.6 is 0 Å². The van der Waals surface area contributed by atoms with Gasteiger partial charge in [0.05, 0.1) is 5.52 Å². The molecule has 2 heterocycles. The highest BCUT2D eigenvalue weighted by Gasteiger charge is 2.15. The maximum atomic E-state index is 12.0. The Bertz CT molecular complexity index is 1170. The molecule has 0 unspecified atom stereocenters. The zero-order valence-electron chi connectivity index (χ0n) is 13.6. The number of nitriles is 1. The molecule has 9 nitrogen and oxygen atoms in total. The van der Waals surface area contributed by atoms with Gasteiger partial charge in [0.25, 0.3) is 5.56 Å². The van der Waals surface area contributed by atoms with Crippen molar-refractivity contribution in [2.45, 2.75) is 6.54 Å². The van der Waals surface area contributed by atoms with E-state index in [9.17, 15) is 19.6 Å². The minimum absolute atomic E-state index is 0.122. The predicted octanol–water partition coefficient (Wildman–Crippen LogP) is -0.0243. The number of fused-ring (bicyclic) bond motifs is 1. The van der Waals surface area contributed by atoms with E-state index in [1.165, 1.54) is 23.2 Å². The van der Waals surface area contributed by atoms with Crippen molar-refractivity contribution >= 4 is 16.9 Å². The third-order valence-corrected chi connectivity index (χ3v) is 3.98. The molecular formula is C16H15N5O4. The average molecular weight is 341 g/mol. The molecule has 0 aliphatic carbocycles. The summed E-state index contributed by atoms with van der Waals surface area (Å²) in [4.78, 5) is 36.0. The Morgan fingerprint density at radius 2 is 1.88 bits per heavy atom. The Kier molecular flexibility index (Phi) is 4.02. The molecule has 25 heavy (non-hydrogen) atoms. The molecule has 3 aromatic rings. The van der Waals surface area contributed by atoms with Gasteiger partial charge < -0.3 is 9.73 Å². The van der Waals surface area contributed by atoms with Crippen LogP contribution in [0, 0.1) is 11.3 Å². The van der Waals surface area contributed by atoms with Gasteiger partial charge in [-0.1, -0.05) is 12.1 Å². The molecule has 1 aromatic carbocycles. The van der Waals surface area contributed by atoms with Gasteiger partial charge in [-0.2, -0.15) is 5.26 Å². The van der Waals surface area contributed by atoms with Crippen LogP contribution < -0.4 is 22.3 Å². The number of nitrogens with zero attached hydrogens (tertiary/aromatic N) is 4. The van der Waals surface area contributed by atoms with Gasteiger partial charge >= 0.3 is 11.4 Å². The minimum atomic E-state index is -0.668. The van der Waals surface area contributed by atoms with E-state index in [4.69, 9.17) is 4.42 Å². The lowest BCUT2D eigenvalue weighted by Gasteiger charge is -2.13. The van der Waals surface area contributed by atoms with Gasteiger partial charge in [-0.25, -0.2) is 9.59 Å². The molecule has 9 heteroatoms. The summed E-state index contributed by atoms with van der Waals surface area (Å²) in [7, 11) is 2.77. The van der Waals surface area contributed by atoms with Crippen molar-refractivity contribution in [3.05, 3.63) is 61.2 Å². The Labute approximate surface area is 141 Å². The summed E-state index contributed by atoms with van der Waals surface area (Å²) in [6, 6.07) is 8.82. The molecule has 0 saturated carbocycles. The first kappa shape index (κ1) is 16.3. The van der Waals surface area contributed by atoms with Gasteiger partial charge in [0.15, 0.2) is 11.1 Å². The van der Waals surface area contributed by atoms with E-state index in [1.54, 1.807) is 24.3 Å². The molecule has 0 radical (unpaired) electrons. The van der Waals surface area contributed by atoms with E-state index in [0.29, 0.717) is 11.1 Å². The summed E-state index contributed by atoms with van der Waals surface area (Å²) in [6.07, 6.45) is 0. The van der Waals surface area contributed by atoms with Crippen LogP contribution in [0.1, 0.15) is 5.56 Å². The van der Waals surface area contributed by atoms with Crippen molar-refractivity contribution < 1.29 is 4.42 Å². The van der Waals surface area contributed by atoms with Crippen LogP contribution in [0.3, 0.4) is 0 Å². The second-order valence-electron chi connectivity index (χ2n) is 5.46. The molecule has 0 spiro atoms. The Morgan fingerprint density at radius 1 is 1.16 bits per heavy atom. The predicted molar refractivity (Wildman–Crippen MR) is 90.6 cm³/mol. The summed E-state index contributed by atoms with van der Waals surface area (Å²) >= 11 is 0. The maximum Gasteiger partial charge on any atom is 0.420 e. The fourth-order valence-corrected chi connectivity index (χ4v) is 2.66. The molecule has 3 rings (SSSR count). The summed E-state index contributed by atoms with van der Waals surface area (Å²) in [5.41, 5.74) is -0.246. The number of aromatic nitrogens is 3. The zero-order chi connectivity index (χ0) is 18.1. The van der Waals surface area contributed by atoms with E-state index >= 15 is 0 Å². The summed E-state index contributed by atoms with van der Waals surface area (Å²) < 4.78 is 8.64. The van der Waals surface area contributed by atoms with Gasteiger partial charge in [-0.3, -0.25) is 18.5 Å². The highest BCUT2D eigenvalue weighted by molar-refractivity contribution is 5.72. The first-order chi connectivity index (χ1) is 12.0. The molecule has 0 atom stereocenters. The fourth-order valence-electron chi connectivity index (χ4n) is 2.66. The van der Waals surface area contributed by atoms with Gasteiger partial charge in [0.1, 0.15) is 11.9 Å². The minimum Gasteiger partial charge on any atom is -0.408 e. The summed E-state index contributed by atoms with van der Waals surface area (Å²) in [5, 5.41) is 12.1. The molecular weight excluding hydrogens is 326 g/mol. The lowest BCUT2D eigenvalue weighted by atomic mass is 10.3. The Hall–Kier alpha value is -3.54. The number of hydrogen-bond acceptors (Lipinski definition) is 6. The number of nitrogens with one attached hydrogen (secondary N) is 1. The lowest BCUT2D eigenvalue weighted by molar-refractivity contribution is 0.509. The van der Waals surface area contributed by atoms with E-state index in [0.717, 1.165) is 4.57 Å². The third-order valence-electron chi connectivity index (χ3n) is 3.98. The molecule has 1 N–H and O–H groups in total. The number of hydrogen-bond donors (Lipinski definition) is 1. The van der Waals surface area contributed by atoms with Crippen LogP contribution in [0.2, 0.25) is 0 Å². The second-order valence-corrected chi connectivity index (χ2v) is 5.46. The van der Waals surface area contributed by atoms with Crippen molar-refractivity contribution in [2.24, 2.45) is 14.1 Å². The fraction of sp³-hybridized carbons (Fsp3) is 0.250. The van der Waals surface area contributed by atoms with Crippen molar-refractivity contribution in [1.82, 2.24) is 13.7 Å². The Balaban J connectivity index is 1.92. The molecule has 128 valence electrons. The highest BCUT2D eigenvalue weighted by Crippen LogP contribution is 2.12. The van der Waals surface area contributed by atoms with Crippen LogP contribution in [0.15, 0.2) is 43.1 Å². The van der Waals surface area contributed by atoms with Crippen LogP contribution in [0.4, 0.5) is 5.82 Å². The summed E-state index contributed by atoms with van der Waals surface area (Å²) in [5.74, 6) is -0.377. The number of oxazole rings is 1. The third kappa shape index (κ3) is 2.63. The van der Waals surface area contributed by atoms with E-state index in [1.807, 2.05) is 6.07 Å². The van der Waals surface area contributed by atoms with Crippen molar-refractivity contribution in [2.75, 3.05) is 11.9 Å². The maximum absolute atomic E-state index is 12.0. The van der Waals surface area contributed by atoms with Gasteiger partial charge in [-0.05, 0) is 12.1 Å². The topological polar surface area (TPSA) is 115 Å².